The molecule has 7 heteroatoms. The zero-order valence-electron chi connectivity index (χ0n) is 19.4. The summed E-state index contributed by atoms with van der Waals surface area (Å²) in [7, 11) is 0. The van der Waals surface area contributed by atoms with Gasteiger partial charge in [0, 0.05) is 12.1 Å². The standard InChI is InChI=1S/C27H27N3O4/c1-27(2,3)34-26(32)30-16-15-19(17-30)23-14-13-22(25(28)31)24(29-23)18-9-11-21(12-10-18)33-20-7-5-4-6-8-20/h4-15H,16-17H2,1-3H3,(H2,28,31). The Bertz CT molecular complexity index is 1230. The van der Waals surface area contributed by atoms with Crippen LogP contribution in [0.5, 0.6) is 11.5 Å². The average Bonchev–Trinajstić information content (AvgIpc) is 3.29. The second kappa shape index (κ2) is 9.39. The number of nitrogens with zero attached hydrogens (tertiary/aromatic N) is 2. The molecule has 2 N–H and O–H groups in total. The Morgan fingerprint density at radius 1 is 0.941 bits per heavy atom. The van der Waals surface area contributed by atoms with Crippen LogP contribution in [0.25, 0.3) is 16.8 Å². The third-order valence-corrected chi connectivity index (χ3v) is 5.17. The number of benzene rings is 2. The molecule has 0 atom stereocenters. The molecule has 4 rings (SSSR count). The Morgan fingerprint density at radius 2 is 1.62 bits per heavy atom. The first-order valence-corrected chi connectivity index (χ1v) is 11.0. The van der Waals surface area contributed by atoms with Crippen LogP contribution in [-0.4, -0.2) is 40.6 Å². The predicted molar refractivity (Wildman–Crippen MR) is 130 cm³/mol. The molecule has 0 aliphatic carbocycles. The van der Waals surface area contributed by atoms with Gasteiger partial charge in [-0.05, 0) is 74.9 Å². The van der Waals surface area contributed by atoms with Crippen molar-refractivity contribution in [3.05, 3.63) is 84.1 Å². The number of carbonyl (C=O) groups is 2. The summed E-state index contributed by atoms with van der Waals surface area (Å²) in [4.78, 5) is 30.8. The summed E-state index contributed by atoms with van der Waals surface area (Å²) >= 11 is 0. The summed E-state index contributed by atoms with van der Waals surface area (Å²) in [6, 6.07) is 20.2. The fraction of sp³-hybridized carbons (Fsp3) is 0.222. The molecule has 1 aromatic heterocycles. The molecular formula is C27H27N3O4. The van der Waals surface area contributed by atoms with Crippen LogP contribution in [0.1, 0.15) is 36.8 Å². The molecule has 0 unspecified atom stereocenters. The summed E-state index contributed by atoms with van der Waals surface area (Å²) in [6.07, 6.45) is 1.57. The van der Waals surface area contributed by atoms with Crippen molar-refractivity contribution in [1.82, 2.24) is 9.88 Å². The van der Waals surface area contributed by atoms with Crippen LogP contribution in [0.4, 0.5) is 4.79 Å². The van der Waals surface area contributed by atoms with Crippen molar-refractivity contribution in [2.75, 3.05) is 13.1 Å². The molecule has 1 aliphatic rings. The highest BCUT2D eigenvalue weighted by Gasteiger charge is 2.26. The Balaban J connectivity index is 1.56. The number of nitrogens with two attached hydrogens (primary N) is 1. The van der Waals surface area contributed by atoms with Crippen LogP contribution in [0, 0.1) is 0 Å². The first-order valence-electron chi connectivity index (χ1n) is 11.0. The molecule has 0 radical (unpaired) electrons. The van der Waals surface area contributed by atoms with Crippen LogP contribution >= 0.6 is 0 Å². The van der Waals surface area contributed by atoms with Gasteiger partial charge in [-0.1, -0.05) is 24.3 Å². The number of amides is 2. The van der Waals surface area contributed by atoms with Crippen molar-refractivity contribution in [2.45, 2.75) is 26.4 Å². The summed E-state index contributed by atoms with van der Waals surface area (Å²) in [5, 5.41) is 0. The van der Waals surface area contributed by atoms with Crippen molar-refractivity contribution in [3.8, 4) is 22.8 Å². The van der Waals surface area contributed by atoms with Crippen LogP contribution in [-0.2, 0) is 4.74 Å². The Labute approximate surface area is 198 Å². The zero-order valence-corrected chi connectivity index (χ0v) is 19.4. The molecule has 0 bridgehead atoms. The summed E-state index contributed by atoms with van der Waals surface area (Å²) in [5.74, 6) is 0.837. The van der Waals surface area contributed by atoms with Crippen LogP contribution < -0.4 is 10.5 Å². The minimum absolute atomic E-state index is 0.322. The highest BCUT2D eigenvalue weighted by Crippen LogP contribution is 2.29. The first-order chi connectivity index (χ1) is 16.2. The number of hydrogen-bond donors (Lipinski definition) is 1. The summed E-state index contributed by atoms with van der Waals surface area (Å²) in [6.45, 7) is 6.32. The van der Waals surface area contributed by atoms with E-state index in [0.29, 0.717) is 35.8 Å². The van der Waals surface area contributed by atoms with E-state index in [0.717, 1.165) is 16.9 Å². The molecule has 0 spiro atoms. The van der Waals surface area contributed by atoms with E-state index in [1.54, 1.807) is 17.0 Å². The second-order valence-electron chi connectivity index (χ2n) is 8.99. The van der Waals surface area contributed by atoms with Gasteiger partial charge in [0.05, 0.1) is 23.5 Å². The van der Waals surface area contributed by atoms with E-state index in [9.17, 15) is 9.59 Å². The van der Waals surface area contributed by atoms with Gasteiger partial charge in [-0.2, -0.15) is 0 Å². The van der Waals surface area contributed by atoms with E-state index in [-0.39, 0.29) is 6.09 Å². The van der Waals surface area contributed by atoms with Crippen molar-refractivity contribution >= 4 is 17.6 Å². The van der Waals surface area contributed by atoms with Gasteiger partial charge in [0.25, 0.3) is 5.91 Å². The number of para-hydroxylation sites is 1. The quantitative estimate of drug-likeness (QED) is 0.563. The van der Waals surface area contributed by atoms with Gasteiger partial charge in [0.2, 0.25) is 0 Å². The van der Waals surface area contributed by atoms with Gasteiger partial charge in [0.15, 0.2) is 0 Å². The summed E-state index contributed by atoms with van der Waals surface area (Å²) in [5.41, 5.74) is 8.15. The number of rotatable bonds is 5. The third kappa shape index (κ3) is 5.43. The predicted octanol–water partition coefficient (Wildman–Crippen LogP) is 5.27. The maximum Gasteiger partial charge on any atom is 0.410 e. The number of primary amides is 1. The third-order valence-electron chi connectivity index (χ3n) is 5.17. The lowest BCUT2D eigenvalue weighted by atomic mass is 10.0. The lowest BCUT2D eigenvalue weighted by Gasteiger charge is -2.24. The number of ether oxygens (including phenoxy) is 2. The van der Waals surface area contributed by atoms with Crippen molar-refractivity contribution < 1.29 is 19.1 Å². The van der Waals surface area contributed by atoms with E-state index in [2.05, 4.69) is 0 Å². The van der Waals surface area contributed by atoms with Crippen LogP contribution in [0.2, 0.25) is 0 Å². The van der Waals surface area contributed by atoms with Crippen molar-refractivity contribution in [2.24, 2.45) is 5.73 Å². The minimum atomic E-state index is -0.565. The highest BCUT2D eigenvalue weighted by molar-refractivity contribution is 5.99. The maximum absolute atomic E-state index is 12.4. The molecule has 3 aromatic rings. The average molecular weight is 458 g/mol. The van der Waals surface area contributed by atoms with Gasteiger partial charge in [-0.15, -0.1) is 0 Å². The lowest BCUT2D eigenvalue weighted by molar-refractivity contribution is 0.0306. The normalized spacial score (nSPS) is 13.4. The highest BCUT2D eigenvalue weighted by atomic mass is 16.6. The van der Waals surface area contributed by atoms with Gasteiger partial charge in [-0.3, -0.25) is 4.79 Å². The zero-order chi connectivity index (χ0) is 24.3. The molecule has 2 aromatic carbocycles. The molecule has 1 aliphatic heterocycles. The molecule has 2 heterocycles. The molecule has 0 fully saturated rings. The van der Waals surface area contributed by atoms with Crippen LogP contribution in [0.3, 0.4) is 0 Å². The van der Waals surface area contributed by atoms with Crippen LogP contribution in [0.15, 0.2) is 72.8 Å². The van der Waals surface area contributed by atoms with E-state index >= 15 is 0 Å². The fourth-order valence-electron chi connectivity index (χ4n) is 3.57. The fourth-order valence-corrected chi connectivity index (χ4v) is 3.57. The topological polar surface area (TPSA) is 94.8 Å². The SMILES string of the molecule is CC(C)(C)OC(=O)N1CC=C(c2ccc(C(N)=O)c(-c3ccc(Oc4ccccc4)cc3)n2)C1. The number of carbonyl (C=O) groups excluding carboxylic acids is 2. The second-order valence-corrected chi connectivity index (χ2v) is 8.99. The molecule has 7 nitrogen and oxygen atoms in total. The summed E-state index contributed by atoms with van der Waals surface area (Å²) < 4.78 is 11.3. The van der Waals surface area contributed by atoms with Gasteiger partial charge in [0.1, 0.15) is 17.1 Å². The van der Waals surface area contributed by atoms with Gasteiger partial charge < -0.3 is 20.1 Å². The smallest absolute Gasteiger partial charge is 0.410 e. The van der Waals surface area contributed by atoms with E-state index < -0.39 is 11.5 Å². The van der Waals surface area contributed by atoms with Gasteiger partial charge in [-0.25, -0.2) is 9.78 Å². The first kappa shape index (κ1) is 23.0. The Hall–Kier alpha value is -4.13. The lowest BCUT2D eigenvalue weighted by Crippen LogP contribution is -2.35. The van der Waals surface area contributed by atoms with E-state index in [1.807, 2.05) is 81.4 Å². The van der Waals surface area contributed by atoms with Crippen molar-refractivity contribution in [3.63, 3.8) is 0 Å². The number of hydrogen-bond acceptors (Lipinski definition) is 5. The molecule has 0 saturated heterocycles. The largest absolute Gasteiger partial charge is 0.457 e. The van der Waals surface area contributed by atoms with E-state index in [4.69, 9.17) is 20.2 Å². The molecule has 34 heavy (non-hydrogen) atoms. The Morgan fingerprint density at radius 3 is 2.26 bits per heavy atom. The molecule has 2 amide bonds. The number of pyridine rings is 1. The minimum Gasteiger partial charge on any atom is -0.457 e. The Kier molecular flexibility index (Phi) is 6.36. The molecule has 0 saturated carbocycles. The van der Waals surface area contributed by atoms with Gasteiger partial charge >= 0.3 is 6.09 Å². The monoisotopic (exact) mass is 457 g/mol. The number of aromatic nitrogens is 1. The van der Waals surface area contributed by atoms with E-state index in [1.165, 1.54) is 0 Å². The molecule has 174 valence electrons. The maximum atomic E-state index is 12.4. The molecular weight excluding hydrogens is 430 g/mol. The van der Waals surface area contributed by atoms with Crippen molar-refractivity contribution in [1.29, 1.82) is 0 Å².